The third-order valence-electron chi connectivity index (χ3n) is 3.71. The van der Waals surface area contributed by atoms with E-state index >= 15 is 0 Å². The highest BCUT2D eigenvalue weighted by Gasteiger charge is 2.31. The van der Waals surface area contributed by atoms with Crippen molar-refractivity contribution in [2.45, 2.75) is 6.42 Å². The third-order valence-corrected chi connectivity index (χ3v) is 3.71. The molecular formula is C17H14N2O10. The fraction of sp³-hybridized carbons (Fsp3) is 0.176. The first-order valence-corrected chi connectivity index (χ1v) is 7.78. The van der Waals surface area contributed by atoms with E-state index in [0.717, 1.165) is 25.3 Å². The van der Waals surface area contributed by atoms with E-state index in [2.05, 4.69) is 4.74 Å². The summed E-state index contributed by atoms with van der Waals surface area (Å²) in [4.78, 5) is 43.5. The first-order chi connectivity index (χ1) is 13.7. The normalized spacial score (nSPS) is 10.1. The molecule has 2 aromatic rings. The Morgan fingerprint density at radius 2 is 1.62 bits per heavy atom. The molecule has 1 N–H and O–H groups in total. The van der Waals surface area contributed by atoms with E-state index in [1.54, 1.807) is 0 Å². The molecule has 0 bridgehead atoms. The fourth-order valence-electron chi connectivity index (χ4n) is 2.39. The molecule has 2 rings (SSSR count). The van der Waals surface area contributed by atoms with E-state index in [0.29, 0.717) is 6.29 Å². The average Bonchev–Trinajstić information content (AvgIpc) is 2.69. The van der Waals surface area contributed by atoms with Crippen molar-refractivity contribution < 1.29 is 38.8 Å². The second-order valence-corrected chi connectivity index (χ2v) is 5.52. The molecule has 0 aromatic heterocycles. The highest BCUT2D eigenvalue weighted by molar-refractivity contribution is 5.79. The predicted molar refractivity (Wildman–Crippen MR) is 95.6 cm³/mol. The molecule has 0 aliphatic rings. The summed E-state index contributed by atoms with van der Waals surface area (Å²) in [5.74, 6) is -2.84. The highest BCUT2D eigenvalue weighted by Crippen LogP contribution is 2.45. The van der Waals surface area contributed by atoms with Crippen molar-refractivity contribution >= 4 is 23.6 Å². The Kier molecular flexibility index (Phi) is 6.29. The number of phenols is 1. The van der Waals surface area contributed by atoms with Crippen molar-refractivity contribution in [1.29, 1.82) is 0 Å². The Labute approximate surface area is 162 Å². The van der Waals surface area contributed by atoms with Crippen molar-refractivity contribution in [3.05, 3.63) is 55.6 Å². The van der Waals surface area contributed by atoms with Gasteiger partial charge in [-0.05, 0) is 17.7 Å². The topological polar surface area (TPSA) is 168 Å². The van der Waals surface area contributed by atoms with Gasteiger partial charge in [0.2, 0.25) is 5.75 Å². The summed E-state index contributed by atoms with van der Waals surface area (Å²) in [6.45, 7) is 0. The zero-order valence-electron chi connectivity index (χ0n) is 15.1. The number of hydrogen-bond donors (Lipinski definition) is 1. The van der Waals surface area contributed by atoms with E-state index in [4.69, 9.17) is 9.47 Å². The van der Waals surface area contributed by atoms with Crippen LogP contribution >= 0.6 is 0 Å². The molecule has 0 amide bonds. The first kappa shape index (κ1) is 21.1. The Morgan fingerprint density at radius 3 is 2.07 bits per heavy atom. The van der Waals surface area contributed by atoms with Gasteiger partial charge in [0.25, 0.3) is 5.75 Å². The van der Waals surface area contributed by atoms with Crippen LogP contribution in [-0.4, -0.2) is 41.4 Å². The molecule has 0 heterocycles. The van der Waals surface area contributed by atoms with Gasteiger partial charge in [-0.2, -0.15) is 0 Å². The van der Waals surface area contributed by atoms with Gasteiger partial charge in [-0.3, -0.25) is 29.8 Å². The number of nitro groups is 2. The maximum atomic E-state index is 11.5. The largest absolute Gasteiger partial charge is 0.502 e. The lowest BCUT2D eigenvalue weighted by Gasteiger charge is -2.12. The number of methoxy groups -OCH3 is 2. The van der Waals surface area contributed by atoms with Gasteiger partial charge in [-0.25, -0.2) is 0 Å². The van der Waals surface area contributed by atoms with Crippen LogP contribution in [0.4, 0.5) is 11.4 Å². The number of aldehydes is 1. The number of phenolic OH excluding ortho intramolecular Hbond substituents is 1. The van der Waals surface area contributed by atoms with Gasteiger partial charge in [0.05, 0.1) is 30.5 Å². The molecule has 0 fully saturated rings. The predicted octanol–water partition coefficient (Wildman–Crippen LogP) is 2.54. The van der Waals surface area contributed by atoms with Crippen molar-refractivity contribution in [2.24, 2.45) is 0 Å². The van der Waals surface area contributed by atoms with Gasteiger partial charge in [0, 0.05) is 17.7 Å². The second-order valence-electron chi connectivity index (χ2n) is 5.52. The van der Waals surface area contributed by atoms with E-state index in [1.807, 2.05) is 0 Å². The molecule has 0 spiro atoms. The lowest BCUT2D eigenvalue weighted by Crippen LogP contribution is -2.07. The number of rotatable bonds is 8. The first-order valence-electron chi connectivity index (χ1n) is 7.78. The molecule has 0 radical (unpaired) electrons. The molecule has 12 heteroatoms. The number of nitro benzene ring substituents is 2. The number of carbonyl (C=O) groups is 2. The highest BCUT2D eigenvalue weighted by atomic mass is 16.6. The van der Waals surface area contributed by atoms with Crippen LogP contribution in [-0.2, 0) is 16.0 Å². The van der Waals surface area contributed by atoms with Crippen molar-refractivity contribution in [2.75, 3.05) is 14.2 Å². The summed E-state index contributed by atoms with van der Waals surface area (Å²) < 4.78 is 14.6. The van der Waals surface area contributed by atoms with Crippen molar-refractivity contribution in [3.8, 4) is 23.0 Å². The number of carbonyl (C=O) groups excluding carboxylic acids is 2. The van der Waals surface area contributed by atoms with Crippen LogP contribution in [0.5, 0.6) is 23.0 Å². The zero-order chi connectivity index (χ0) is 21.7. The molecule has 0 unspecified atom stereocenters. The molecule has 2 aromatic carbocycles. The van der Waals surface area contributed by atoms with Crippen LogP contribution in [0.15, 0.2) is 24.3 Å². The Morgan fingerprint density at radius 1 is 1.07 bits per heavy atom. The molecule has 152 valence electrons. The van der Waals surface area contributed by atoms with Gasteiger partial charge >= 0.3 is 17.3 Å². The smallest absolute Gasteiger partial charge is 0.319 e. The molecule has 0 aliphatic heterocycles. The van der Waals surface area contributed by atoms with Crippen LogP contribution in [0.2, 0.25) is 0 Å². The zero-order valence-corrected chi connectivity index (χ0v) is 15.1. The number of esters is 1. The van der Waals surface area contributed by atoms with Crippen LogP contribution < -0.4 is 9.47 Å². The number of benzene rings is 2. The lowest BCUT2D eigenvalue weighted by atomic mass is 10.1. The van der Waals surface area contributed by atoms with Gasteiger partial charge in [-0.1, -0.05) is 0 Å². The van der Waals surface area contributed by atoms with Crippen molar-refractivity contribution in [3.63, 3.8) is 0 Å². The summed E-state index contributed by atoms with van der Waals surface area (Å²) in [6, 6.07) is 4.03. The van der Waals surface area contributed by atoms with Crippen LogP contribution in [0.25, 0.3) is 0 Å². The molecule has 0 saturated carbocycles. The monoisotopic (exact) mass is 406 g/mol. The summed E-state index contributed by atoms with van der Waals surface area (Å²) in [5, 5.41) is 33.1. The third kappa shape index (κ3) is 4.55. The minimum Gasteiger partial charge on any atom is -0.502 e. The molecule has 29 heavy (non-hydrogen) atoms. The van der Waals surface area contributed by atoms with Gasteiger partial charge in [0.15, 0.2) is 11.5 Å². The standard InChI is InChI=1S/C17H14N2O10/c1-27-13-5-10(8-20)6-14(16(13)22)29-17-11(18(23)24)3-9(7-15(21)28-2)4-12(17)19(25)26/h3-6,8,22H,7H2,1-2H3. The quantitative estimate of drug-likeness (QED) is 0.297. The fourth-order valence-corrected chi connectivity index (χ4v) is 2.39. The summed E-state index contributed by atoms with van der Waals surface area (Å²) in [7, 11) is 2.29. The van der Waals surface area contributed by atoms with E-state index in [-0.39, 0.29) is 16.9 Å². The summed E-state index contributed by atoms with van der Waals surface area (Å²) >= 11 is 0. The minimum absolute atomic E-state index is 0.0118. The number of aromatic hydroxyl groups is 1. The Hall–Kier alpha value is -4.22. The average molecular weight is 406 g/mol. The van der Waals surface area contributed by atoms with Crippen LogP contribution in [0, 0.1) is 20.2 Å². The second kappa shape index (κ2) is 8.65. The van der Waals surface area contributed by atoms with Gasteiger partial charge in [-0.15, -0.1) is 0 Å². The van der Waals surface area contributed by atoms with Crippen LogP contribution in [0.1, 0.15) is 15.9 Å². The van der Waals surface area contributed by atoms with E-state index in [1.165, 1.54) is 13.2 Å². The molecular weight excluding hydrogens is 392 g/mol. The maximum Gasteiger partial charge on any atom is 0.319 e. The molecule has 0 aliphatic carbocycles. The minimum atomic E-state index is -0.943. The van der Waals surface area contributed by atoms with E-state index < -0.39 is 50.9 Å². The number of ether oxygens (including phenoxy) is 3. The lowest BCUT2D eigenvalue weighted by molar-refractivity contribution is -0.395. The maximum absolute atomic E-state index is 11.5. The number of nitrogens with zero attached hydrogens (tertiary/aromatic N) is 2. The number of hydrogen-bond acceptors (Lipinski definition) is 10. The molecule has 0 saturated heterocycles. The van der Waals surface area contributed by atoms with Crippen LogP contribution in [0.3, 0.4) is 0 Å². The van der Waals surface area contributed by atoms with Gasteiger partial charge in [0.1, 0.15) is 6.29 Å². The summed E-state index contributed by atoms with van der Waals surface area (Å²) in [6.07, 6.45) is -0.0464. The molecule has 12 nitrogen and oxygen atoms in total. The summed E-state index contributed by atoms with van der Waals surface area (Å²) in [5.41, 5.74) is -1.71. The Balaban J connectivity index is 2.68. The Bertz CT molecular complexity index is 967. The van der Waals surface area contributed by atoms with Gasteiger partial charge < -0.3 is 19.3 Å². The van der Waals surface area contributed by atoms with E-state index in [9.17, 15) is 34.9 Å². The SMILES string of the molecule is COC(=O)Cc1cc([N+](=O)[O-])c(Oc2cc(C=O)cc(OC)c2O)c([N+](=O)[O-])c1. The van der Waals surface area contributed by atoms with Crippen molar-refractivity contribution in [1.82, 2.24) is 0 Å². The molecule has 0 atom stereocenters.